The Morgan fingerprint density at radius 2 is 2.25 bits per heavy atom. The fourth-order valence-corrected chi connectivity index (χ4v) is 2.97. The van der Waals surface area contributed by atoms with Gasteiger partial charge in [0.25, 0.3) is 0 Å². The summed E-state index contributed by atoms with van der Waals surface area (Å²) in [4.78, 5) is 2.44. The predicted octanol–water partition coefficient (Wildman–Crippen LogP) is 3.03. The van der Waals surface area contributed by atoms with E-state index < -0.39 is 5.54 Å². The summed E-state index contributed by atoms with van der Waals surface area (Å²) < 4.78 is 0. The summed E-state index contributed by atoms with van der Waals surface area (Å²) in [5, 5.41) is 12.6. The van der Waals surface area contributed by atoms with E-state index in [1.165, 1.54) is 29.7 Å². The molecule has 2 rings (SSSR count). The van der Waals surface area contributed by atoms with Gasteiger partial charge in [0.05, 0.1) is 6.07 Å². The molecule has 1 heterocycles. The minimum Gasteiger partial charge on any atom is -0.371 e. The van der Waals surface area contributed by atoms with Crippen molar-refractivity contribution in [3.8, 4) is 6.07 Å². The Morgan fingerprint density at radius 1 is 1.45 bits per heavy atom. The number of benzene rings is 1. The van der Waals surface area contributed by atoms with E-state index in [0.717, 1.165) is 26.1 Å². The second-order valence-corrected chi connectivity index (χ2v) is 5.95. The lowest BCUT2D eigenvalue weighted by atomic mass is 9.96. The Bertz CT molecular complexity index is 503. The third kappa shape index (κ3) is 3.32. The molecule has 0 saturated carbocycles. The summed E-state index contributed by atoms with van der Waals surface area (Å²) in [7, 11) is 0. The summed E-state index contributed by atoms with van der Waals surface area (Å²) in [5.74, 6) is 0. The average molecular weight is 271 g/mol. The molecule has 1 aliphatic heterocycles. The van der Waals surface area contributed by atoms with Crippen LogP contribution in [-0.4, -0.2) is 25.2 Å². The smallest absolute Gasteiger partial charge is 0.105 e. The van der Waals surface area contributed by atoms with Crippen LogP contribution in [0.25, 0.3) is 0 Å². The van der Waals surface area contributed by atoms with Gasteiger partial charge in [0, 0.05) is 18.8 Å². The topological polar surface area (TPSA) is 39.1 Å². The van der Waals surface area contributed by atoms with Crippen LogP contribution in [0.5, 0.6) is 0 Å². The summed E-state index contributed by atoms with van der Waals surface area (Å²) >= 11 is 0. The third-order valence-electron chi connectivity index (χ3n) is 4.15. The largest absolute Gasteiger partial charge is 0.371 e. The molecule has 0 fully saturated rings. The standard InChI is InChI=1S/C17H25N3/c1-4-19-17(3,13-18)9-11-20-10-5-6-15-12-14(2)7-8-16(15)20/h7-8,12,19H,4-6,9-11H2,1-3H3. The Hall–Kier alpha value is -1.53. The zero-order valence-electron chi connectivity index (χ0n) is 12.9. The maximum atomic E-state index is 9.35. The Labute approximate surface area is 122 Å². The second-order valence-electron chi connectivity index (χ2n) is 5.95. The lowest BCUT2D eigenvalue weighted by molar-refractivity contribution is 0.426. The van der Waals surface area contributed by atoms with Crippen LogP contribution in [-0.2, 0) is 6.42 Å². The van der Waals surface area contributed by atoms with Gasteiger partial charge in [0.1, 0.15) is 5.54 Å². The van der Waals surface area contributed by atoms with E-state index in [1.807, 2.05) is 6.92 Å². The molecule has 0 aliphatic carbocycles. The first-order valence-electron chi connectivity index (χ1n) is 7.59. The molecule has 1 aromatic rings. The number of anilines is 1. The number of hydrogen-bond donors (Lipinski definition) is 1. The van der Waals surface area contributed by atoms with Crippen molar-refractivity contribution in [1.29, 1.82) is 5.26 Å². The molecule has 0 aromatic heterocycles. The van der Waals surface area contributed by atoms with Gasteiger partial charge in [-0.25, -0.2) is 0 Å². The van der Waals surface area contributed by atoms with E-state index in [2.05, 4.69) is 48.3 Å². The number of nitrogens with one attached hydrogen (secondary N) is 1. The molecule has 3 nitrogen and oxygen atoms in total. The fourth-order valence-electron chi connectivity index (χ4n) is 2.97. The van der Waals surface area contributed by atoms with Gasteiger partial charge in [0.2, 0.25) is 0 Å². The van der Waals surface area contributed by atoms with Crippen LogP contribution in [0, 0.1) is 18.3 Å². The maximum absolute atomic E-state index is 9.35. The van der Waals surface area contributed by atoms with Crippen molar-refractivity contribution in [2.45, 2.75) is 45.6 Å². The van der Waals surface area contributed by atoms with E-state index in [4.69, 9.17) is 0 Å². The van der Waals surface area contributed by atoms with Crippen molar-refractivity contribution < 1.29 is 0 Å². The number of hydrogen-bond acceptors (Lipinski definition) is 3. The molecule has 1 N–H and O–H groups in total. The van der Waals surface area contributed by atoms with Crippen LogP contribution in [0.3, 0.4) is 0 Å². The third-order valence-corrected chi connectivity index (χ3v) is 4.15. The van der Waals surface area contributed by atoms with E-state index in [-0.39, 0.29) is 0 Å². The first-order chi connectivity index (χ1) is 9.58. The summed E-state index contributed by atoms with van der Waals surface area (Å²) in [6, 6.07) is 9.14. The lowest BCUT2D eigenvalue weighted by Crippen LogP contribution is -2.44. The van der Waals surface area contributed by atoms with Gasteiger partial charge in [-0.05, 0) is 51.3 Å². The SMILES string of the molecule is CCNC(C)(C#N)CCN1CCCc2cc(C)ccc21. The molecule has 1 aromatic carbocycles. The monoisotopic (exact) mass is 271 g/mol. The highest BCUT2D eigenvalue weighted by molar-refractivity contribution is 5.56. The average Bonchev–Trinajstić information content (AvgIpc) is 2.45. The molecular weight excluding hydrogens is 246 g/mol. The van der Waals surface area contributed by atoms with Gasteiger partial charge in [-0.3, -0.25) is 5.32 Å². The highest BCUT2D eigenvalue weighted by atomic mass is 15.1. The van der Waals surface area contributed by atoms with Crippen LogP contribution < -0.4 is 10.2 Å². The molecule has 3 heteroatoms. The van der Waals surface area contributed by atoms with E-state index >= 15 is 0 Å². The van der Waals surface area contributed by atoms with Gasteiger partial charge < -0.3 is 4.90 Å². The number of aryl methyl sites for hydroxylation is 2. The van der Waals surface area contributed by atoms with Gasteiger partial charge >= 0.3 is 0 Å². The molecule has 20 heavy (non-hydrogen) atoms. The van der Waals surface area contributed by atoms with Gasteiger partial charge in [0.15, 0.2) is 0 Å². The molecule has 0 bridgehead atoms. The highest BCUT2D eigenvalue weighted by Crippen LogP contribution is 2.28. The first-order valence-corrected chi connectivity index (χ1v) is 7.59. The van der Waals surface area contributed by atoms with E-state index in [9.17, 15) is 5.26 Å². The molecule has 108 valence electrons. The predicted molar refractivity (Wildman–Crippen MR) is 84.0 cm³/mol. The van der Waals surface area contributed by atoms with Crippen molar-refractivity contribution in [1.82, 2.24) is 5.32 Å². The van der Waals surface area contributed by atoms with Crippen molar-refractivity contribution >= 4 is 5.69 Å². The molecule has 1 unspecified atom stereocenters. The molecule has 1 atom stereocenters. The number of nitrogens with zero attached hydrogens (tertiary/aromatic N) is 2. The Kier molecular flexibility index (Phi) is 4.67. The van der Waals surface area contributed by atoms with Gasteiger partial charge in [-0.2, -0.15) is 5.26 Å². The molecule has 0 saturated heterocycles. The first kappa shape index (κ1) is 14.9. The number of nitriles is 1. The molecule has 0 radical (unpaired) electrons. The molecule has 1 aliphatic rings. The Morgan fingerprint density at radius 3 is 2.95 bits per heavy atom. The highest BCUT2D eigenvalue weighted by Gasteiger charge is 2.25. The number of fused-ring (bicyclic) bond motifs is 1. The Balaban J connectivity index is 2.07. The second kappa shape index (κ2) is 6.28. The number of rotatable bonds is 5. The minimum atomic E-state index is -0.420. The van der Waals surface area contributed by atoms with Gasteiger partial charge in [-0.1, -0.05) is 24.6 Å². The summed E-state index contributed by atoms with van der Waals surface area (Å²) in [6.45, 7) is 9.07. The maximum Gasteiger partial charge on any atom is 0.105 e. The van der Waals surface area contributed by atoms with Crippen LogP contribution in [0.1, 0.15) is 37.8 Å². The van der Waals surface area contributed by atoms with Crippen LogP contribution in [0.4, 0.5) is 5.69 Å². The van der Waals surface area contributed by atoms with E-state index in [1.54, 1.807) is 0 Å². The van der Waals surface area contributed by atoms with Crippen LogP contribution in [0.15, 0.2) is 18.2 Å². The van der Waals surface area contributed by atoms with Crippen molar-refractivity contribution in [2.75, 3.05) is 24.5 Å². The zero-order valence-corrected chi connectivity index (χ0v) is 12.9. The van der Waals surface area contributed by atoms with Gasteiger partial charge in [-0.15, -0.1) is 0 Å². The lowest BCUT2D eigenvalue weighted by Gasteiger charge is -2.34. The van der Waals surface area contributed by atoms with Crippen LogP contribution >= 0.6 is 0 Å². The zero-order chi connectivity index (χ0) is 14.6. The van der Waals surface area contributed by atoms with Crippen molar-refractivity contribution in [2.24, 2.45) is 0 Å². The quantitative estimate of drug-likeness (QED) is 0.894. The van der Waals surface area contributed by atoms with Crippen molar-refractivity contribution in [3.63, 3.8) is 0 Å². The fraction of sp³-hybridized carbons (Fsp3) is 0.588. The molecule has 0 amide bonds. The normalized spacial score (nSPS) is 17.2. The van der Waals surface area contributed by atoms with Crippen LogP contribution in [0.2, 0.25) is 0 Å². The minimum absolute atomic E-state index is 0.420. The molecule has 0 spiro atoms. The summed E-state index contributed by atoms with van der Waals surface area (Å²) in [6.07, 6.45) is 3.24. The summed E-state index contributed by atoms with van der Waals surface area (Å²) in [5.41, 5.74) is 3.73. The van der Waals surface area contributed by atoms with E-state index in [0.29, 0.717) is 0 Å². The molecular formula is C17H25N3. The van der Waals surface area contributed by atoms with Crippen molar-refractivity contribution in [3.05, 3.63) is 29.3 Å².